The molecule has 2 saturated heterocycles. The fourth-order valence-electron chi connectivity index (χ4n) is 4.38. The lowest BCUT2D eigenvalue weighted by molar-refractivity contribution is -0.206. The van der Waals surface area contributed by atoms with Gasteiger partial charge in [-0.15, -0.1) is 0 Å². The number of aromatic nitrogens is 2. The molecule has 29 heavy (non-hydrogen) atoms. The molecular formula is C20H32N4O5. The van der Waals surface area contributed by atoms with Crippen molar-refractivity contribution in [1.82, 2.24) is 20.0 Å². The minimum Gasteiger partial charge on any atom is -0.388 e. The van der Waals surface area contributed by atoms with Crippen LogP contribution < -0.4 is 5.32 Å². The van der Waals surface area contributed by atoms with Crippen LogP contribution in [0.15, 0.2) is 6.20 Å². The molecule has 2 N–H and O–H groups in total. The summed E-state index contributed by atoms with van der Waals surface area (Å²) >= 11 is 0. The molecule has 1 spiro atoms. The van der Waals surface area contributed by atoms with Crippen LogP contribution in [0, 0.1) is 6.92 Å². The number of aryl methyl sites for hydroxylation is 2. The van der Waals surface area contributed by atoms with Gasteiger partial charge in [-0.25, -0.2) is 0 Å². The summed E-state index contributed by atoms with van der Waals surface area (Å²) in [5.41, 5.74) is -0.453. The zero-order valence-electron chi connectivity index (χ0n) is 17.7. The van der Waals surface area contributed by atoms with Gasteiger partial charge in [0.1, 0.15) is 12.7 Å². The lowest BCUT2D eigenvalue weighted by atomic mass is 9.73. The van der Waals surface area contributed by atoms with E-state index >= 15 is 0 Å². The summed E-state index contributed by atoms with van der Waals surface area (Å²) in [7, 11) is 1.77. The average Bonchev–Trinajstić information content (AvgIpc) is 3.03. The van der Waals surface area contributed by atoms with Gasteiger partial charge in [-0.3, -0.25) is 14.3 Å². The van der Waals surface area contributed by atoms with Crippen LogP contribution in [-0.2, 0) is 21.3 Å². The number of likely N-dealkylation sites (tertiary alicyclic amines) is 1. The van der Waals surface area contributed by atoms with E-state index in [1.54, 1.807) is 29.7 Å². The smallest absolute Gasteiger partial charge is 0.255 e. The van der Waals surface area contributed by atoms with E-state index in [2.05, 4.69) is 10.4 Å². The number of carbonyl (C=O) groups is 2. The van der Waals surface area contributed by atoms with E-state index in [0.29, 0.717) is 56.8 Å². The van der Waals surface area contributed by atoms with E-state index in [0.717, 1.165) is 0 Å². The molecule has 1 aromatic rings. The Balaban J connectivity index is 1.68. The van der Waals surface area contributed by atoms with Gasteiger partial charge in [0.25, 0.3) is 5.91 Å². The van der Waals surface area contributed by atoms with Gasteiger partial charge in [-0.1, -0.05) is 0 Å². The number of hydrogen-bond donors (Lipinski definition) is 2. The molecule has 0 aliphatic carbocycles. The highest BCUT2D eigenvalue weighted by atomic mass is 16.5. The van der Waals surface area contributed by atoms with E-state index in [1.807, 2.05) is 13.8 Å². The zero-order valence-corrected chi connectivity index (χ0v) is 17.7. The largest absolute Gasteiger partial charge is 0.388 e. The first kappa shape index (κ1) is 21.7. The summed E-state index contributed by atoms with van der Waals surface area (Å²) in [5, 5.41) is 18.5. The lowest BCUT2D eigenvalue weighted by Gasteiger charge is -2.53. The van der Waals surface area contributed by atoms with Gasteiger partial charge in [0, 0.05) is 39.5 Å². The summed E-state index contributed by atoms with van der Waals surface area (Å²) in [6.45, 7) is 7.50. The second kappa shape index (κ2) is 8.41. The molecule has 2 fully saturated rings. The Morgan fingerprint density at radius 3 is 2.66 bits per heavy atom. The van der Waals surface area contributed by atoms with Gasteiger partial charge in [-0.05, 0) is 40.0 Å². The maximum absolute atomic E-state index is 12.8. The Bertz CT molecular complexity index is 756. The average molecular weight is 408 g/mol. The molecule has 3 rings (SSSR count). The third-order valence-corrected chi connectivity index (χ3v) is 6.16. The number of aliphatic hydroxyl groups excluding tert-OH is 1. The summed E-state index contributed by atoms with van der Waals surface area (Å²) in [6, 6.07) is 0. The lowest BCUT2D eigenvalue weighted by Crippen LogP contribution is -2.69. The number of rotatable bonds is 5. The van der Waals surface area contributed by atoms with Gasteiger partial charge in [0.2, 0.25) is 5.91 Å². The van der Waals surface area contributed by atoms with Crippen molar-refractivity contribution in [3.05, 3.63) is 17.5 Å². The molecule has 1 aromatic heterocycles. The normalized spacial score (nSPS) is 26.5. The third kappa shape index (κ3) is 4.31. The Hall–Kier alpha value is -1.97. The molecule has 9 heteroatoms. The van der Waals surface area contributed by atoms with Gasteiger partial charge in [0.05, 0.1) is 22.4 Å². The number of piperidine rings is 1. The fourth-order valence-corrected chi connectivity index (χ4v) is 4.38. The van der Waals surface area contributed by atoms with Gasteiger partial charge in [0.15, 0.2) is 0 Å². The van der Waals surface area contributed by atoms with Crippen LogP contribution in [0.4, 0.5) is 0 Å². The minimum absolute atomic E-state index is 0.0462. The highest BCUT2D eigenvalue weighted by Gasteiger charge is 2.54. The molecule has 0 bridgehead atoms. The number of nitrogens with zero attached hydrogens (tertiary/aromatic N) is 3. The number of carbonyl (C=O) groups excluding carboxylic acids is 2. The first-order valence-electron chi connectivity index (χ1n) is 10.2. The molecule has 0 unspecified atom stereocenters. The number of amides is 2. The molecule has 2 aliphatic heterocycles. The first-order valence-corrected chi connectivity index (χ1v) is 10.2. The minimum atomic E-state index is -0.881. The SMILES string of the molecule is CCOCC(=O)N1CCC2(CC1)OCC[C@@](C)(NC(=O)c1cn(C)nc1C)[C@@H]2O. The predicted octanol–water partition coefficient (Wildman–Crippen LogP) is 0.396. The molecule has 3 heterocycles. The molecule has 0 radical (unpaired) electrons. The summed E-state index contributed by atoms with van der Waals surface area (Å²) in [4.78, 5) is 26.8. The standard InChI is InChI=1S/C20H32N4O5/c1-5-28-13-16(25)24-9-6-20(7-10-24)18(27)19(3,8-11-29-20)21-17(26)15-12-23(4)22-14(15)2/h12,18,27H,5-11,13H2,1-4H3,(H,21,26)/t18-,19+/m0/s1. The zero-order chi connectivity index (χ0) is 21.2. The van der Waals surface area contributed by atoms with Crippen molar-refractivity contribution in [2.75, 3.05) is 32.9 Å². The molecule has 2 aliphatic rings. The monoisotopic (exact) mass is 408 g/mol. The van der Waals surface area contributed by atoms with Crippen molar-refractivity contribution >= 4 is 11.8 Å². The predicted molar refractivity (Wildman–Crippen MR) is 105 cm³/mol. The number of hydrogen-bond acceptors (Lipinski definition) is 6. The molecular weight excluding hydrogens is 376 g/mol. The Morgan fingerprint density at radius 2 is 2.07 bits per heavy atom. The van der Waals surface area contributed by atoms with Crippen molar-refractivity contribution in [3.8, 4) is 0 Å². The third-order valence-electron chi connectivity index (χ3n) is 6.16. The highest BCUT2D eigenvalue weighted by molar-refractivity contribution is 5.95. The summed E-state index contributed by atoms with van der Waals surface area (Å²) in [5.74, 6) is -0.298. The van der Waals surface area contributed by atoms with Crippen LogP contribution in [0.1, 0.15) is 49.2 Å². The molecule has 2 amide bonds. The molecule has 2 atom stereocenters. The van der Waals surface area contributed by atoms with Crippen molar-refractivity contribution in [3.63, 3.8) is 0 Å². The van der Waals surface area contributed by atoms with E-state index in [4.69, 9.17) is 9.47 Å². The van der Waals surface area contributed by atoms with Crippen LogP contribution >= 0.6 is 0 Å². The topological polar surface area (TPSA) is 106 Å². The maximum Gasteiger partial charge on any atom is 0.255 e. The Labute approximate surface area is 171 Å². The van der Waals surface area contributed by atoms with Gasteiger partial charge in [-0.2, -0.15) is 5.10 Å². The van der Waals surface area contributed by atoms with Crippen molar-refractivity contribution in [1.29, 1.82) is 0 Å². The Kier molecular flexibility index (Phi) is 6.30. The van der Waals surface area contributed by atoms with Crippen LogP contribution in [0.3, 0.4) is 0 Å². The van der Waals surface area contributed by atoms with E-state index in [9.17, 15) is 14.7 Å². The second-order valence-electron chi connectivity index (χ2n) is 8.26. The van der Waals surface area contributed by atoms with Crippen LogP contribution in [-0.4, -0.2) is 81.8 Å². The number of nitrogens with one attached hydrogen (secondary N) is 1. The van der Waals surface area contributed by atoms with Crippen LogP contribution in [0.2, 0.25) is 0 Å². The summed E-state index contributed by atoms with van der Waals surface area (Å²) in [6.07, 6.45) is 2.34. The number of ether oxygens (including phenoxy) is 2. The van der Waals surface area contributed by atoms with E-state index in [1.165, 1.54) is 0 Å². The van der Waals surface area contributed by atoms with E-state index in [-0.39, 0.29) is 18.4 Å². The van der Waals surface area contributed by atoms with Crippen LogP contribution in [0.25, 0.3) is 0 Å². The van der Waals surface area contributed by atoms with Gasteiger partial charge < -0.3 is 24.8 Å². The quantitative estimate of drug-likeness (QED) is 0.730. The first-order chi connectivity index (χ1) is 13.7. The Morgan fingerprint density at radius 1 is 1.38 bits per heavy atom. The molecule has 0 saturated carbocycles. The van der Waals surface area contributed by atoms with E-state index < -0.39 is 17.2 Å². The highest BCUT2D eigenvalue weighted by Crippen LogP contribution is 2.40. The summed E-state index contributed by atoms with van der Waals surface area (Å²) < 4.78 is 12.9. The van der Waals surface area contributed by atoms with Crippen molar-refractivity contribution < 1.29 is 24.2 Å². The maximum atomic E-state index is 12.8. The fraction of sp³-hybridized carbons (Fsp3) is 0.750. The van der Waals surface area contributed by atoms with Crippen molar-refractivity contribution in [2.24, 2.45) is 7.05 Å². The second-order valence-corrected chi connectivity index (χ2v) is 8.26. The van der Waals surface area contributed by atoms with Crippen LogP contribution in [0.5, 0.6) is 0 Å². The molecule has 9 nitrogen and oxygen atoms in total. The molecule has 162 valence electrons. The number of aliphatic hydroxyl groups is 1. The van der Waals surface area contributed by atoms with Gasteiger partial charge >= 0.3 is 0 Å². The van der Waals surface area contributed by atoms with Crippen molar-refractivity contribution in [2.45, 2.75) is 57.3 Å². The molecule has 0 aromatic carbocycles.